The Bertz CT molecular complexity index is 1410. The Morgan fingerprint density at radius 3 is 2.57 bits per heavy atom. The number of benzene rings is 3. The molecule has 0 spiro atoms. The van der Waals surface area contributed by atoms with Crippen molar-refractivity contribution in [1.82, 2.24) is 20.1 Å². The lowest BCUT2D eigenvalue weighted by Gasteiger charge is -2.24. The molecule has 7 nitrogen and oxygen atoms in total. The molecule has 4 aromatic rings. The first-order valence-electron chi connectivity index (χ1n) is 13.0. The van der Waals surface area contributed by atoms with E-state index in [1.165, 1.54) is 27.4 Å². The molecule has 2 heterocycles. The first-order valence-corrected chi connectivity index (χ1v) is 13.0. The molecular weight excluding hydrogens is 464 g/mol. The topological polar surface area (TPSA) is 67.8 Å². The highest BCUT2D eigenvalue weighted by molar-refractivity contribution is 6.08. The van der Waals surface area contributed by atoms with E-state index in [0.717, 1.165) is 37.4 Å². The summed E-state index contributed by atoms with van der Waals surface area (Å²) in [4.78, 5) is 15.0. The molecule has 0 radical (unpaired) electrons. The highest BCUT2D eigenvalue weighted by atomic mass is 16.5. The monoisotopic (exact) mass is 500 g/mol. The van der Waals surface area contributed by atoms with Crippen LogP contribution in [0.3, 0.4) is 0 Å². The Kier molecular flexibility index (Phi) is 7.35. The molecule has 1 aromatic heterocycles. The summed E-state index contributed by atoms with van der Waals surface area (Å²) < 4.78 is 13.5. The van der Waals surface area contributed by atoms with Crippen LogP contribution in [0.15, 0.2) is 60.7 Å². The number of nitrogens with one attached hydrogen (secondary N) is 2. The summed E-state index contributed by atoms with van der Waals surface area (Å²) in [7, 11) is 5.00. The Hall–Kier alpha value is -3.55. The van der Waals surface area contributed by atoms with Gasteiger partial charge in [0, 0.05) is 66.6 Å². The van der Waals surface area contributed by atoms with Crippen LogP contribution >= 0.6 is 0 Å². The second kappa shape index (κ2) is 10.8. The zero-order valence-electron chi connectivity index (χ0n) is 22.1. The van der Waals surface area contributed by atoms with Gasteiger partial charge < -0.3 is 24.7 Å². The first-order chi connectivity index (χ1) is 18.1. The van der Waals surface area contributed by atoms with Gasteiger partial charge in [-0.3, -0.25) is 9.69 Å². The smallest absolute Gasteiger partial charge is 0.237 e. The van der Waals surface area contributed by atoms with Crippen LogP contribution in [-0.4, -0.2) is 55.3 Å². The average Bonchev–Trinajstić information content (AvgIpc) is 3.49. The van der Waals surface area contributed by atoms with E-state index in [9.17, 15) is 4.79 Å². The van der Waals surface area contributed by atoms with E-state index in [-0.39, 0.29) is 18.0 Å². The molecule has 5 rings (SSSR count). The lowest BCUT2D eigenvalue weighted by Crippen LogP contribution is -2.41. The van der Waals surface area contributed by atoms with E-state index in [1.54, 1.807) is 21.3 Å². The van der Waals surface area contributed by atoms with Crippen molar-refractivity contribution >= 4 is 27.7 Å². The zero-order chi connectivity index (χ0) is 25.9. The molecule has 0 saturated carbocycles. The second-order valence-corrected chi connectivity index (χ2v) is 9.64. The molecule has 0 bridgehead atoms. The predicted molar refractivity (Wildman–Crippen MR) is 148 cm³/mol. The third-order valence-electron chi connectivity index (χ3n) is 7.56. The van der Waals surface area contributed by atoms with Crippen molar-refractivity contribution in [2.45, 2.75) is 45.1 Å². The number of rotatable bonds is 9. The van der Waals surface area contributed by atoms with Gasteiger partial charge in [0.05, 0.1) is 20.3 Å². The Morgan fingerprint density at radius 2 is 1.81 bits per heavy atom. The van der Waals surface area contributed by atoms with Gasteiger partial charge in [0.15, 0.2) is 11.5 Å². The number of likely N-dealkylation sites (tertiary alicyclic amines) is 1. The SMILES string of the molecule is CCn1c2ccccc2c2cc(CN[C@@H]3C[C@@H](C(=O)NC)N(Cc4cccc(OC)c4OC)C3)ccc21. The fraction of sp³-hybridized carbons (Fsp3) is 0.367. The van der Waals surface area contributed by atoms with Gasteiger partial charge in [-0.2, -0.15) is 0 Å². The van der Waals surface area contributed by atoms with Gasteiger partial charge in [0.25, 0.3) is 0 Å². The largest absolute Gasteiger partial charge is 0.493 e. The number of amides is 1. The molecule has 0 aliphatic carbocycles. The van der Waals surface area contributed by atoms with Gasteiger partial charge in [-0.05, 0) is 43.2 Å². The molecular formula is C30H36N4O3. The van der Waals surface area contributed by atoms with Crippen LogP contribution in [0.1, 0.15) is 24.5 Å². The van der Waals surface area contributed by atoms with Crippen molar-refractivity contribution in [1.29, 1.82) is 0 Å². The molecule has 1 saturated heterocycles. The van der Waals surface area contributed by atoms with E-state index in [0.29, 0.717) is 12.3 Å². The first kappa shape index (κ1) is 25.1. The molecule has 3 aromatic carbocycles. The second-order valence-electron chi connectivity index (χ2n) is 9.64. The van der Waals surface area contributed by atoms with Crippen LogP contribution < -0.4 is 20.1 Å². The molecule has 2 N–H and O–H groups in total. The number of likely N-dealkylation sites (N-methyl/N-ethyl adjacent to an activating group) is 1. The van der Waals surface area contributed by atoms with Gasteiger partial charge in [-0.15, -0.1) is 0 Å². The summed E-state index contributed by atoms with van der Waals surface area (Å²) in [5.41, 5.74) is 4.80. The molecule has 7 heteroatoms. The third-order valence-corrected chi connectivity index (χ3v) is 7.56. The Balaban J connectivity index is 1.33. The van der Waals surface area contributed by atoms with Crippen molar-refractivity contribution in [3.05, 3.63) is 71.8 Å². The van der Waals surface area contributed by atoms with Crippen molar-refractivity contribution in [3.8, 4) is 11.5 Å². The third kappa shape index (κ3) is 4.77. The Labute approximate surface area is 218 Å². The van der Waals surface area contributed by atoms with E-state index < -0.39 is 0 Å². The van der Waals surface area contributed by atoms with Gasteiger partial charge in [-0.25, -0.2) is 0 Å². The summed E-state index contributed by atoms with van der Waals surface area (Å²) in [5, 5.41) is 9.15. The maximum absolute atomic E-state index is 12.8. The molecule has 0 unspecified atom stereocenters. The number of fused-ring (bicyclic) bond motifs is 3. The molecule has 2 atom stereocenters. The summed E-state index contributed by atoms with van der Waals surface area (Å²) in [6.45, 7) is 5.27. The van der Waals surface area contributed by atoms with E-state index in [1.807, 2.05) is 18.2 Å². The van der Waals surface area contributed by atoms with Crippen LogP contribution in [0.5, 0.6) is 11.5 Å². The van der Waals surface area contributed by atoms with Crippen LogP contribution in [0.25, 0.3) is 21.8 Å². The molecule has 1 aliphatic heterocycles. The molecule has 37 heavy (non-hydrogen) atoms. The number of hydrogen-bond donors (Lipinski definition) is 2. The minimum Gasteiger partial charge on any atom is -0.493 e. The number of hydrogen-bond acceptors (Lipinski definition) is 5. The number of methoxy groups -OCH3 is 2. The lowest BCUT2D eigenvalue weighted by atomic mass is 10.1. The molecule has 194 valence electrons. The van der Waals surface area contributed by atoms with Crippen molar-refractivity contribution < 1.29 is 14.3 Å². The number of aromatic nitrogens is 1. The summed E-state index contributed by atoms with van der Waals surface area (Å²) in [5.74, 6) is 1.46. The minimum atomic E-state index is -0.205. The van der Waals surface area contributed by atoms with Crippen LogP contribution in [0.4, 0.5) is 0 Å². The predicted octanol–water partition coefficient (Wildman–Crippen LogP) is 4.31. The number of para-hydroxylation sites is 2. The molecule has 1 aliphatic rings. The van der Waals surface area contributed by atoms with Gasteiger partial charge in [-0.1, -0.05) is 36.4 Å². The van der Waals surface area contributed by atoms with Gasteiger partial charge in [0.1, 0.15) is 0 Å². The van der Waals surface area contributed by atoms with Crippen molar-refractivity contribution in [2.24, 2.45) is 0 Å². The molecule has 1 amide bonds. The van der Waals surface area contributed by atoms with E-state index >= 15 is 0 Å². The van der Waals surface area contributed by atoms with E-state index in [4.69, 9.17) is 9.47 Å². The fourth-order valence-corrected chi connectivity index (χ4v) is 5.78. The number of carbonyl (C=O) groups is 1. The highest BCUT2D eigenvalue weighted by Crippen LogP contribution is 2.33. The van der Waals surface area contributed by atoms with Gasteiger partial charge >= 0.3 is 0 Å². The number of aryl methyl sites for hydroxylation is 1. The standard InChI is InChI=1S/C30H36N4O3/c1-5-34-25-11-7-6-10-23(25)24-15-20(13-14-26(24)34)17-32-22-16-27(30(35)31-2)33(19-22)18-21-9-8-12-28(36-3)29(21)37-4/h6-15,22,27,32H,5,16-19H2,1-4H3,(H,31,35)/t22-,27+/m1/s1. The summed E-state index contributed by atoms with van der Waals surface area (Å²) in [6, 6.07) is 21.2. The minimum absolute atomic E-state index is 0.0416. The van der Waals surface area contributed by atoms with E-state index in [2.05, 4.69) is 69.5 Å². The number of carbonyl (C=O) groups excluding carboxylic acids is 1. The number of nitrogens with zero attached hydrogens (tertiary/aromatic N) is 2. The summed E-state index contributed by atoms with van der Waals surface area (Å²) in [6.07, 6.45) is 0.753. The maximum atomic E-state index is 12.8. The van der Waals surface area contributed by atoms with Crippen LogP contribution in [0, 0.1) is 0 Å². The van der Waals surface area contributed by atoms with Crippen LogP contribution in [-0.2, 0) is 24.4 Å². The highest BCUT2D eigenvalue weighted by Gasteiger charge is 2.36. The average molecular weight is 501 g/mol. The quantitative estimate of drug-likeness (QED) is 0.359. The van der Waals surface area contributed by atoms with Gasteiger partial charge in [0.2, 0.25) is 5.91 Å². The summed E-state index contributed by atoms with van der Waals surface area (Å²) >= 11 is 0. The molecule has 1 fully saturated rings. The number of ether oxygens (including phenoxy) is 2. The van der Waals surface area contributed by atoms with Crippen molar-refractivity contribution in [3.63, 3.8) is 0 Å². The van der Waals surface area contributed by atoms with Crippen molar-refractivity contribution in [2.75, 3.05) is 27.8 Å². The normalized spacial score (nSPS) is 17.9. The van der Waals surface area contributed by atoms with Crippen LogP contribution in [0.2, 0.25) is 0 Å². The maximum Gasteiger partial charge on any atom is 0.237 e. The fourth-order valence-electron chi connectivity index (χ4n) is 5.78. The lowest BCUT2D eigenvalue weighted by molar-refractivity contribution is -0.125. The zero-order valence-corrected chi connectivity index (χ0v) is 22.1. The Morgan fingerprint density at radius 1 is 1.00 bits per heavy atom.